The Morgan fingerprint density at radius 3 is 2.62 bits per heavy atom. The number of nitrogen functional groups attached to an aromatic ring is 1. The zero-order valence-corrected chi connectivity index (χ0v) is 10.4. The van der Waals surface area contributed by atoms with E-state index in [1.54, 1.807) is 6.07 Å². The molecule has 1 aromatic rings. The zero-order chi connectivity index (χ0) is 11.9. The van der Waals surface area contributed by atoms with E-state index in [1.165, 1.54) is 4.90 Å². The summed E-state index contributed by atoms with van der Waals surface area (Å²) >= 11 is 3.35. The van der Waals surface area contributed by atoms with Crippen molar-refractivity contribution < 1.29 is 9.59 Å². The number of Topliss-reactive ketones (excluding diaryl/α,β-unsaturated/α-hetero) is 1. The Morgan fingerprint density at radius 1 is 1.38 bits per heavy atom. The lowest BCUT2D eigenvalue weighted by Crippen LogP contribution is -2.25. The van der Waals surface area contributed by atoms with E-state index in [4.69, 9.17) is 5.73 Å². The van der Waals surface area contributed by atoms with Gasteiger partial charge < -0.3 is 10.6 Å². The Balaban J connectivity index is 2.48. The number of nitrogens with zero attached hydrogens (tertiary/aromatic N) is 1. The highest BCUT2D eigenvalue weighted by Gasteiger charge is 2.30. The number of carbonyl (C=O) groups excluding carboxylic acids is 2. The second kappa shape index (κ2) is 3.90. The van der Waals surface area contributed by atoms with Crippen molar-refractivity contribution in [2.24, 2.45) is 0 Å². The number of benzene rings is 1. The van der Waals surface area contributed by atoms with Gasteiger partial charge in [-0.25, -0.2) is 0 Å². The van der Waals surface area contributed by atoms with E-state index < -0.39 is 0 Å². The van der Waals surface area contributed by atoms with Crippen LogP contribution in [-0.4, -0.2) is 18.2 Å². The van der Waals surface area contributed by atoms with Crippen LogP contribution >= 0.6 is 15.9 Å². The first-order valence-corrected chi connectivity index (χ1v) is 5.66. The molecule has 0 aliphatic carbocycles. The lowest BCUT2D eigenvalue weighted by molar-refractivity contribution is -0.121. The van der Waals surface area contributed by atoms with Crippen LogP contribution in [0.5, 0.6) is 0 Å². The summed E-state index contributed by atoms with van der Waals surface area (Å²) < 4.78 is 0.848. The fraction of sp³-hybridized carbons (Fsp3) is 0.273. The third-order valence-corrected chi connectivity index (χ3v) is 3.06. The van der Waals surface area contributed by atoms with Crippen LogP contribution in [0.15, 0.2) is 16.6 Å². The fourth-order valence-electron chi connectivity index (χ4n) is 1.76. The molecule has 1 aromatic carbocycles. The first kappa shape index (κ1) is 11.1. The fourth-order valence-corrected chi connectivity index (χ4v) is 2.32. The molecule has 0 unspecified atom stereocenters. The maximum atomic E-state index is 11.6. The van der Waals surface area contributed by atoms with Crippen LogP contribution in [0.4, 0.5) is 11.4 Å². The van der Waals surface area contributed by atoms with E-state index >= 15 is 0 Å². The molecule has 1 amide bonds. The lowest BCUT2D eigenvalue weighted by Gasteiger charge is -2.18. The van der Waals surface area contributed by atoms with Gasteiger partial charge in [-0.15, -0.1) is 0 Å². The molecule has 1 saturated heterocycles. The van der Waals surface area contributed by atoms with Gasteiger partial charge in [0.2, 0.25) is 5.91 Å². The number of aryl methyl sites for hydroxylation is 1. The molecule has 2 N–H and O–H groups in total. The molecule has 0 spiro atoms. The quantitative estimate of drug-likeness (QED) is 0.629. The van der Waals surface area contributed by atoms with Gasteiger partial charge in [0.15, 0.2) is 5.78 Å². The average molecular weight is 283 g/mol. The summed E-state index contributed by atoms with van der Waals surface area (Å²) in [6, 6.07) is 3.64. The molecule has 0 atom stereocenters. The molecule has 1 heterocycles. The summed E-state index contributed by atoms with van der Waals surface area (Å²) in [4.78, 5) is 24.2. The van der Waals surface area contributed by atoms with Gasteiger partial charge in [0.25, 0.3) is 0 Å². The van der Waals surface area contributed by atoms with E-state index in [2.05, 4.69) is 15.9 Å². The van der Waals surface area contributed by atoms with Gasteiger partial charge in [0.05, 0.1) is 24.3 Å². The van der Waals surface area contributed by atoms with Gasteiger partial charge >= 0.3 is 0 Å². The molecular formula is C11H11BrN2O2. The number of amides is 1. The van der Waals surface area contributed by atoms with Gasteiger partial charge in [0, 0.05) is 4.47 Å². The highest BCUT2D eigenvalue weighted by Crippen LogP contribution is 2.32. The molecule has 4 nitrogen and oxygen atoms in total. The Labute approximate surface area is 102 Å². The maximum Gasteiger partial charge on any atom is 0.234 e. The summed E-state index contributed by atoms with van der Waals surface area (Å²) in [5.74, 6) is -0.253. The first-order chi connectivity index (χ1) is 7.49. The highest BCUT2D eigenvalue weighted by molar-refractivity contribution is 9.10. The molecule has 0 saturated carbocycles. The minimum absolute atomic E-state index is 0.0228. The van der Waals surface area contributed by atoms with Gasteiger partial charge in [-0.05, 0) is 24.6 Å². The predicted octanol–water partition coefficient (Wildman–Crippen LogP) is 1.65. The zero-order valence-electron chi connectivity index (χ0n) is 8.79. The second-order valence-corrected chi connectivity index (χ2v) is 4.77. The van der Waals surface area contributed by atoms with Crippen LogP contribution in [0, 0.1) is 6.92 Å². The summed E-state index contributed by atoms with van der Waals surface area (Å²) in [5, 5.41) is 0. The third-order valence-electron chi connectivity index (χ3n) is 2.60. The lowest BCUT2D eigenvalue weighted by atomic mass is 10.1. The summed E-state index contributed by atoms with van der Waals surface area (Å²) in [6.07, 6.45) is -0.0228. The van der Waals surface area contributed by atoms with Crippen molar-refractivity contribution in [3.8, 4) is 0 Å². The summed E-state index contributed by atoms with van der Waals surface area (Å²) in [5.41, 5.74) is 7.96. The summed E-state index contributed by atoms with van der Waals surface area (Å²) in [7, 11) is 0. The van der Waals surface area contributed by atoms with E-state index in [0.717, 1.165) is 10.0 Å². The van der Waals surface area contributed by atoms with Crippen molar-refractivity contribution in [2.75, 3.05) is 17.2 Å². The predicted molar refractivity (Wildman–Crippen MR) is 65.3 cm³/mol. The maximum absolute atomic E-state index is 11.6. The molecule has 0 bridgehead atoms. The average Bonchev–Trinajstić information content (AvgIpc) is 2.51. The topological polar surface area (TPSA) is 63.4 Å². The molecular weight excluding hydrogens is 272 g/mol. The molecule has 1 aliphatic rings. The molecule has 0 radical (unpaired) electrons. The third kappa shape index (κ3) is 1.82. The minimum Gasteiger partial charge on any atom is -0.397 e. The number of rotatable bonds is 1. The van der Waals surface area contributed by atoms with E-state index in [9.17, 15) is 9.59 Å². The van der Waals surface area contributed by atoms with Gasteiger partial charge in [-0.1, -0.05) is 15.9 Å². The van der Waals surface area contributed by atoms with Crippen LogP contribution in [0.3, 0.4) is 0 Å². The molecule has 84 valence electrons. The molecule has 2 rings (SSSR count). The van der Waals surface area contributed by atoms with Gasteiger partial charge in [-0.2, -0.15) is 0 Å². The molecule has 5 heteroatoms. The van der Waals surface area contributed by atoms with E-state index in [-0.39, 0.29) is 24.7 Å². The Bertz CT molecular complexity index is 485. The van der Waals surface area contributed by atoms with Crippen molar-refractivity contribution in [1.82, 2.24) is 0 Å². The Kier molecular flexibility index (Phi) is 2.71. The first-order valence-electron chi connectivity index (χ1n) is 4.86. The van der Waals surface area contributed by atoms with Gasteiger partial charge in [-0.3, -0.25) is 9.59 Å². The Hall–Kier alpha value is -1.36. The number of nitrogens with two attached hydrogens (primary N) is 1. The SMILES string of the molecule is Cc1cc(Br)cc(N2CC(=O)CC2=O)c1N. The Morgan fingerprint density at radius 2 is 2.06 bits per heavy atom. The normalized spacial score (nSPS) is 16.0. The summed E-state index contributed by atoms with van der Waals surface area (Å²) in [6.45, 7) is 1.99. The van der Waals surface area contributed by atoms with Crippen molar-refractivity contribution in [2.45, 2.75) is 13.3 Å². The van der Waals surface area contributed by atoms with Crippen molar-refractivity contribution in [3.05, 3.63) is 22.2 Å². The minimum atomic E-state index is -0.186. The van der Waals surface area contributed by atoms with Crippen LogP contribution in [0.1, 0.15) is 12.0 Å². The van der Waals surface area contributed by atoms with Crippen molar-refractivity contribution in [3.63, 3.8) is 0 Å². The van der Waals surface area contributed by atoms with E-state index in [1.807, 2.05) is 13.0 Å². The number of hydrogen-bond acceptors (Lipinski definition) is 3. The second-order valence-electron chi connectivity index (χ2n) is 3.85. The molecule has 16 heavy (non-hydrogen) atoms. The monoisotopic (exact) mass is 282 g/mol. The van der Waals surface area contributed by atoms with Gasteiger partial charge in [0.1, 0.15) is 0 Å². The molecule has 1 aliphatic heterocycles. The largest absolute Gasteiger partial charge is 0.397 e. The van der Waals surface area contributed by atoms with Crippen molar-refractivity contribution >= 4 is 39.0 Å². The van der Waals surface area contributed by atoms with Crippen molar-refractivity contribution in [1.29, 1.82) is 0 Å². The number of anilines is 2. The smallest absolute Gasteiger partial charge is 0.234 e. The number of halogens is 1. The number of ketones is 1. The number of hydrogen-bond donors (Lipinski definition) is 1. The van der Waals surface area contributed by atoms with Crippen LogP contribution in [0.25, 0.3) is 0 Å². The van der Waals surface area contributed by atoms with E-state index in [0.29, 0.717) is 11.4 Å². The van der Waals surface area contributed by atoms with Crippen LogP contribution in [-0.2, 0) is 9.59 Å². The highest BCUT2D eigenvalue weighted by atomic mass is 79.9. The van der Waals surface area contributed by atoms with Crippen LogP contribution < -0.4 is 10.6 Å². The molecule has 1 fully saturated rings. The standard InChI is InChI=1S/C11H11BrN2O2/c1-6-2-7(12)3-9(11(6)13)14-5-8(15)4-10(14)16/h2-3H,4-5,13H2,1H3. The molecule has 0 aromatic heterocycles. The number of carbonyl (C=O) groups is 2. The van der Waals surface area contributed by atoms with Crippen LogP contribution in [0.2, 0.25) is 0 Å².